The zero-order valence-electron chi connectivity index (χ0n) is 7.29. The van der Waals surface area contributed by atoms with Gasteiger partial charge in [-0.05, 0) is 25.0 Å². The molecule has 2 unspecified atom stereocenters. The van der Waals surface area contributed by atoms with Gasteiger partial charge in [0.25, 0.3) is 0 Å². The Morgan fingerprint density at radius 3 is 2.42 bits per heavy atom. The molecule has 1 N–H and O–H groups in total. The van der Waals surface area contributed by atoms with Gasteiger partial charge in [0.2, 0.25) is 0 Å². The summed E-state index contributed by atoms with van der Waals surface area (Å²) in [7, 11) is 0. The molecule has 0 amide bonds. The lowest BCUT2D eigenvalue weighted by atomic mass is 10.0. The van der Waals surface area contributed by atoms with Crippen LogP contribution in [0, 0.1) is 6.92 Å². The highest BCUT2D eigenvalue weighted by Gasteiger charge is 2.14. The molecule has 0 aliphatic rings. The highest BCUT2D eigenvalue weighted by Crippen LogP contribution is 2.24. The molecule has 0 fully saturated rings. The van der Waals surface area contributed by atoms with E-state index >= 15 is 0 Å². The Morgan fingerprint density at radius 2 is 1.92 bits per heavy atom. The second kappa shape index (κ2) is 4.06. The van der Waals surface area contributed by atoms with Crippen LogP contribution in [0.25, 0.3) is 0 Å². The van der Waals surface area contributed by atoms with Crippen molar-refractivity contribution in [1.82, 2.24) is 0 Å². The average molecular weight is 229 g/mol. The number of aryl methyl sites for hydroxylation is 1. The van der Waals surface area contributed by atoms with E-state index < -0.39 is 6.10 Å². The third-order valence-corrected chi connectivity index (χ3v) is 2.44. The normalized spacial score (nSPS) is 15.7. The molecule has 2 heteroatoms. The molecule has 1 aromatic carbocycles. The molecule has 1 nitrogen and oxygen atoms in total. The minimum Gasteiger partial charge on any atom is -0.387 e. The maximum atomic E-state index is 9.73. The quantitative estimate of drug-likeness (QED) is 0.773. The molecule has 12 heavy (non-hydrogen) atoms. The minimum absolute atomic E-state index is 0.0959. The Morgan fingerprint density at radius 1 is 1.33 bits per heavy atom. The van der Waals surface area contributed by atoms with Crippen LogP contribution in [-0.4, -0.2) is 9.93 Å². The number of alkyl halides is 1. The van der Waals surface area contributed by atoms with Crippen molar-refractivity contribution < 1.29 is 5.11 Å². The van der Waals surface area contributed by atoms with Crippen molar-refractivity contribution in [1.29, 1.82) is 0 Å². The Bertz CT molecular complexity index is 258. The Balaban J connectivity index is 2.94. The molecule has 66 valence electrons. The Labute approximate surface area is 81.6 Å². The number of halogens is 1. The van der Waals surface area contributed by atoms with Gasteiger partial charge in [-0.3, -0.25) is 0 Å². The zero-order valence-corrected chi connectivity index (χ0v) is 8.88. The van der Waals surface area contributed by atoms with E-state index in [1.165, 1.54) is 0 Å². The van der Waals surface area contributed by atoms with Crippen molar-refractivity contribution in [3.63, 3.8) is 0 Å². The summed E-state index contributed by atoms with van der Waals surface area (Å²) in [5, 5.41) is 9.73. The Kier molecular flexibility index (Phi) is 3.29. The predicted octanol–water partition coefficient (Wildman–Crippen LogP) is 2.81. The van der Waals surface area contributed by atoms with E-state index in [1.54, 1.807) is 0 Å². The van der Waals surface area contributed by atoms with Gasteiger partial charge in [0.05, 0.1) is 6.10 Å². The molecule has 0 aliphatic heterocycles. The monoisotopic (exact) mass is 228 g/mol. The third-order valence-electron chi connectivity index (χ3n) is 1.94. The van der Waals surface area contributed by atoms with E-state index in [9.17, 15) is 5.11 Å². The number of aliphatic hydroxyl groups excluding tert-OH is 1. The molecule has 0 saturated heterocycles. The van der Waals surface area contributed by atoms with Crippen molar-refractivity contribution in [2.75, 3.05) is 0 Å². The second-order valence-corrected chi connectivity index (χ2v) is 4.42. The van der Waals surface area contributed by atoms with E-state index in [-0.39, 0.29) is 4.83 Å². The van der Waals surface area contributed by atoms with Crippen LogP contribution in [0.15, 0.2) is 24.3 Å². The first-order valence-corrected chi connectivity index (χ1v) is 4.92. The number of benzene rings is 1. The van der Waals surface area contributed by atoms with Crippen LogP contribution in [0.3, 0.4) is 0 Å². The van der Waals surface area contributed by atoms with Gasteiger partial charge in [-0.25, -0.2) is 0 Å². The first kappa shape index (κ1) is 9.75. The summed E-state index contributed by atoms with van der Waals surface area (Å²) in [6.07, 6.45) is -0.411. The van der Waals surface area contributed by atoms with E-state index in [0.717, 1.165) is 11.1 Å². The first-order valence-electron chi connectivity index (χ1n) is 4.00. The molecule has 0 radical (unpaired) electrons. The van der Waals surface area contributed by atoms with Crippen LogP contribution >= 0.6 is 15.9 Å². The van der Waals surface area contributed by atoms with Crippen molar-refractivity contribution in [2.24, 2.45) is 0 Å². The van der Waals surface area contributed by atoms with Gasteiger partial charge in [-0.2, -0.15) is 0 Å². The fourth-order valence-electron chi connectivity index (χ4n) is 1.17. The maximum absolute atomic E-state index is 9.73. The van der Waals surface area contributed by atoms with Crippen LogP contribution < -0.4 is 0 Å². The van der Waals surface area contributed by atoms with Gasteiger partial charge in [0.1, 0.15) is 0 Å². The highest BCUT2D eigenvalue weighted by atomic mass is 79.9. The largest absolute Gasteiger partial charge is 0.387 e. The second-order valence-electron chi connectivity index (χ2n) is 2.98. The van der Waals surface area contributed by atoms with Gasteiger partial charge < -0.3 is 5.11 Å². The van der Waals surface area contributed by atoms with Gasteiger partial charge in [-0.15, -0.1) is 0 Å². The van der Waals surface area contributed by atoms with Gasteiger partial charge in [0, 0.05) is 4.83 Å². The summed E-state index contributed by atoms with van der Waals surface area (Å²) in [5.41, 5.74) is 2.14. The fourth-order valence-corrected chi connectivity index (χ4v) is 1.45. The fraction of sp³-hybridized carbons (Fsp3) is 0.400. The van der Waals surface area contributed by atoms with Crippen LogP contribution in [0.1, 0.15) is 24.2 Å². The summed E-state index contributed by atoms with van der Waals surface area (Å²) >= 11 is 3.36. The van der Waals surface area contributed by atoms with E-state index in [1.807, 2.05) is 38.1 Å². The topological polar surface area (TPSA) is 20.2 Å². The van der Waals surface area contributed by atoms with Crippen molar-refractivity contribution in [2.45, 2.75) is 24.8 Å². The molecule has 0 saturated carbocycles. The van der Waals surface area contributed by atoms with Crippen LogP contribution in [0.5, 0.6) is 0 Å². The molecule has 1 rings (SSSR count). The van der Waals surface area contributed by atoms with Crippen molar-refractivity contribution in [3.8, 4) is 0 Å². The number of aliphatic hydroxyl groups is 1. The molecule has 0 spiro atoms. The molecular weight excluding hydrogens is 216 g/mol. The molecule has 0 aromatic heterocycles. The van der Waals surface area contributed by atoms with Crippen LogP contribution in [0.2, 0.25) is 0 Å². The molecule has 0 aliphatic carbocycles. The van der Waals surface area contributed by atoms with Gasteiger partial charge in [-0.1, -0.05) is 40.2 Å². The predicted molar refractivity (Wildman–Crippen MR) is 54.5 cm³/mol. The molecule has 0 bridgehead atoms. The van der Waals surface area contributed by atoms with Crippen molar-refractivity contribution in [3.05, 3.63) is 35.4 Å². The number of hydrogen-bond donors (Lipinski definition) is 1. The van der Waals surface area contributed by atoms with Gasteiger partial charge in [0.15, 0.2) is 0 Å². The standard InChI is InChI=1S/C10H13BrO/c1-7-5-3-4-6-9(7)10(12)8(2)11/h3-6,8,10,12H,1-2H3. The lowest BCUT2D eigenvalue weighted by molar-refractivity contribution is 0.180. The summed E-state index contributed by atoms with van der Waals surface area (Å²) in [5.74, 6) is 0. The average Bonchev–Trinajstić information content (AvgIpc) is 2.04. The van der Waals surface area contributed by atoms with E-state index in [2.05, 4.69) is 15.9 Å². The molecular formula is C10H13BrO. The smallest absolute Gasteiger partial charge is 0.0914 e. The Hall–Kier alpha value is -0.340. The number of rotatable bonds is 2. The van der Waals surface area contributed by atoms with Crippen molar-refractivity contribution >= 4 is 15.9 Å². The van der Waals surface area contributed by atoms with E-state index in [4.69, 9.17) is 0 Å². The van der Waals surface area contributed by atoms with Gasteiger partial charge >= 0.3 is 0 Å². The maximum Gasteiger partial charge on any atom is 0.0914 e. The van der Waals surface area contributed by atoms with Crippen LogP contribution in [0.4, 0.5) is 0 Å². The SMILES string of the molecule is Cc1ccccc1C(O)C(C)Br. The summed E-state index contributed by atoms with van der Waals surface area (Å²) in [4.78, 5) is 0.0959. The van der Waals surface area contributed by atoms with Crippen LogP contribution in [-0.2, 0) is 0 Å². The first-order chi connectivity index (χ1) is 5.63. The zero-order chi connectivity index (χ0) is 9.14. The number of hydrogen-bond acceptors (Lipinski definition) is 1. The highest BCUT2D eigenvalue weighted by molar-refractivity contribution is 9.09. The third kappa shape index (κ3) is 2.08. The lowest BCUT2D eigenvalue weighted by Gasteiger charge is -2.15. The van der Waals surface area contributed by atoms with E-state index in [0.29, 0.717) is 0 Å². The molecule has 2 atom stereocenters. The molecule has 1 aromatic rings. The molecule has 0 heterocycles. The summed E-state index contributed by atoms with van der Waals surface area (Å²) in [6, 6.07) is 7.89. The lowest BCUT2D eigenvalue weighted by Crippen LogP contribution is -2.08. The minimum atomic E-state index is -0.411. The summed E-state index contributed by atoms with van der Waals surface area (Å²) in [6.45, 7) is 3.95. The summed E-state index contributed by atoms with van der Waals surface area (Å²) < 4.78 is 0.